The molecule has 0 aliphatic rings. The van der Waals surface area contributed by atoms with Crippen LogP contribution in [0.15, 0.2) is 85.0 Å². The number of carbonyl (C=O) groups excluding carboxylic acids is 1. The lowest BCUT2D eigenvalue weighted by Crippen LogP contribution is -2.16. The van der Waals surface area contributed by atoms with Crippen molar-refractivity contribution < 1.29 is 72.6 Å². The molecule has 316 valence electrons. The largest absolute Gasteiger partial charge is 0.508 e. The molecule has 0 saturated carbocycles. The number of methoxy groups -OCH3 is 1. The average molecular weight is 823 g/mol. The number of aryl methyl sites for hydroxylation is 3. The van der Waals surface area contributed by atoms with E-state index in [-0.39, 0.29) is 46.3 Å². The van der Waals surface area contributed by atoms with Gasteiger partial charge in [0.05, 0.1) is 33.5 Å². The van der Waals surface area contributed by atoms with Crippen LogP contribution < -0.4 is 16.0 Å². The molecule has 0 fully saturated rings. The van der Waals surface area contributed by atoms with Gasteiger partial charge in [-0.1, -0.05) is 0 Å². The number of carbonyl (C=O) groups is 2. The number of aromatic hydroxyl groups is 3. The number of hydrogen-bond acceptors (Lipinski definition) is 16. The van der Waals surface area contributed by atoms with Crippen LogP contribution >= 0.6 is 0 Å². The van der Waals surface area contributed by atoms with Gasteiger partial charge >= 0.3 is 23.2 Å². The molecular formula is C42H46O17. The van der Waals surface area contributed by atoms with Crippen molar-refractivity contribution in [2.75, 3.05) is 33.5 Å². The molecule has 2 heterocycles. The van der Waals surface area contributed by atoms with Gasteiger partial charge in [0.2, 0.25) is 0 Å². The van der Waals surface area contributed by atoms with E-state index in [9.17, 15) is 24.3 Å². The molecule has 59 heavy (non-hydrogen) atoms. The number of aromatic carboxylic acids is 1. The Labute approximate surface area is 338 Å². The first-order chi connectivity index (χ1) is 28.1. The number of phenols is 3. The summed E-state index contributed by atoms with van der Waals surface area (Å²) in [7, 11) is 1.50. The molecule has 17 heteroatoms. The third-order valence-corrected chi connectivity index (χ3v) is 7.10. The summed E-state index contributed by atoms with van der Waals surface area (Å²) in [6, 6.07) is 13.4. The normalized spacial score (nSPS) is 10.3. The fourth-order valence-corrected chi connectivity index (χ4v) is 4.61. The number of allylic oxidation sites excluding steroid dienone is 1. The second-order valence-electron chi connectivity index (χ2n) is 11.6. The number of fused-ring (bicyclic) bond motifs is 2. The molecule has 17 nitrogen and oxygen atoms in total. The summed E-state index contributed by atoms with van der Waals surface area (Å²) in [6.07, 6.45) is 3.62. The monoisotopic (exact) mass is 822 g/mol. The maximum Gasteiger partial charge on any atom is 0.351 e. The maximum absolute atomic E-state index is 11.6. The standard InChI is InChI=1S/C13H12O5.C12H10O5.C10H16O5.C7H8O2/c1-3-17-12(15)10-6-9-7(2)4-8(14)5-11(9)18-13(10)16;1-6-3-7(16-2)4-10-8(6)5-9(11(13)14)12(15)17-10;1-4-11-9-10(15-13-6-3)7-8-14-12-5-2;1-5-2-6(8)4-7(9)3-5/h4-6,14H,3H2,1-2H3;3-5H,1-2H3,(H,13,14);9H,4-6H2,1-3H3;2-4,8-9H,1H3. The Kier molecular flexibility index (Phi) is 19.9. The Bertz CT molecular complexity index is 2350. The van der Waals surface area contributed by atoms with Crippen LogP contribution in [0.5, 0.6) is 23.0 Å². The summed E-state index contributed by atoms with van der Waals surface area (Å²) in [5, 5.41) is 37.1. The topological polar surface area (TPSA) is 240 Å². The molecule has 0 atom stereocenters. The van der Waals surface area contributed by atoms with Gasteiger partial charge in [0.25, 0.3) is 5.76 Å². The molecular weight excluding hydrogens is 776 g/mol. The molecule has 4 N–H and O–H groups in total. The van der Waals surface area contributed by atoms with Gasteiger partial charge in [-0.2, -0.15) is 9.78 Å². The highest BCUT2D eigenvalue weighted by atomic mass is 17.2. The molecule has 2 aromatic heterocycles. The van der Waals surface area contributed by atoms with E-state index in [0.717, 1.165) is 11.1 Å². The van der Waals surface area contributed by atoms with Gasteiger partial charge in [0.1, 0.15) is 51.6 Å². The molecule has 0 bridgehead atoms. The van der Waals surface area contributed by atoms with E-state index in [1.807, 2.05) is 6.92 Å². The highest BCUT2D eigenvalue weighted by Gasteiger charge is 2.16. The molecule has 0 aliphatic heterocycles. The summed E-state index contributed by atoms with van der Waals surface area (Å²) < 4.78 is 24.8. The van der Waals surface area contributed by atoms with Crippen molar-refractivity contribution in [3.05, 3.63) is 115 Å². The van der Waals surface area contributed by atoms with Crippen LogP contribution in [0.2, 0.25) is 0 Å². The van der Waals surface area contributed by atoms with Gasteiger partial charge in [-0.05, 0) is 102 Å². The Morgan fingerprint density at radius 3 is 1.80 bits per heavy atom. The Morgan fingerprint density at radius 1 is 0.695 bits per heavy atom. The van der Waals surface area contributed by atoms with Crippen LogP contribution in [0.25, 0.3) is 21.9 Å². The number of carboxylic acid groups (broad SMARTS) is 1. The third-order valence-electron chi connectivity index (χ3n) is 7.10. The van der Waals surface area contributed by atoms with Crippen LogP contribution in [-0.2, 0) is 29.0 Å². The first-order valence-corrected chi connectivity index (χ1v) is 17.8. The summed E-state index contributed by atoms with van der Waals surface area (Å²) >= 11 is 0. The number of rotatable bonds is 11. The fraction of sp³-hybridized carbons (Fsp3) is 0.286. The summed E-state index contributed by atoms with van der Waals surface area (Å²) in [5.41, 5.74) is 0.757. The molecule has 0 saturated heterocycles. The molecule has 0 unspecified atom stereocenters. The van der Waals surface area contributed by atoms with Gasteiger partial charge in [-0.3, -0.25) is 4.89 Å². The van der Waals surface area contributed by atoms with E-state index < -0.39 is 23.2 Å². The van der Waals surface area contributed by atoms with Crippen molar-refractivity contribution in [3.8, 4) is 35.0 Å². The molecule has 5 aromatic rings. The van der Waals surface area contributed by atoms with Crippen molar-refractivity contribution in [1.82, 2.24) is 0 Å². The molecule has 0 aliphatic carbocycles. The number of esters is 1. The van der Waals surface area contributed by atoms with Crippen LogP contribution in [0.3, 0.4) is 0 Å². The quantitative estimate of drug-likeness (QED) is 0.0200. The number of carboxylic acids is 1. The molecule has 0 spiro atoms. The van der Waals surface area contributed by atoms with E-state index in [4.69, 9.17) is 48.1 Å². The first kappa shape index (κ1) is 48.0. The predicted octanol–water partition coefficient (Wildman–Crippen LogP) is 6.96. The third kappa shape index (κ3) is 15.7. The van der Waals surface area contributed by atoms with Gasteiger partial charge in [-0.15, -0.1) is 0 Å². The zero-order chi connectivity index (χ0) is 44.1. The minimum absolute atomic E-state index is 0.00651. The van der Waals surface area contributed by atoms with Crippen LogP contribution in [0, 0.1) is 32.8 Å². The first-order valence-electron chi connectivity index (χ1n) is 17.8. The van der Waals surface area contributed by atoms with Gasteiger partial charge in [-0.25, -0.2) is 19.2 Å². The van der Waals surface area contributed by atoms with Crippen LogP contribution in [0.4, 0.5) is 0 Å². The fourth-order valence-electron chi connectivity index (χ4n) is 4.61. The molecule has 0 radical (unpaired) electrons. The number of phenolic OH excluding ortho intramolecular Hbond substituents is 3. The van der Waals surface area contributed by atoms with Crippen LogP contribution in [-0.4, -0.2) is 65.9 Å². The van der Waals surface area contributed by atoms with Crippen molar-refractivity contribution >= 4 is 33.9 Å². The van der Waals surface area contributed by atoms with E-state index in [0.29, 0.717) is 47.5 Å². The van der Waals surface area contributed by atoms with Gasteiger partial charge < -0.3 is 48.4 Å². The zero-order valence-electron chi connectivity index (χ0n) is 33.7. The molecule has 3 aromatic carbocycles. The number of benzene rings is 3. The Hall–Kier alpha value is -7.16. The zero-order valence-corrected chi connectivity index (χ0v) is 33.7. The van der Waals surface area contributed by atoms with E-state index >= 15 is 0 Å². The number of hydrogen-bond donors (Lipinski definition) is 4. The predicted molar refractivity (Wildman–Crippen MR) is 213 cm³/mol. The second-order valence-corrected chi connectivity index (χ2v) is 11.6. The van der Waals surface area contributed by atoms with Crippen molar-refractivity contribution in [3.63, 3.8) is 0 Å². The maximum atomic E-state index is 11.6. The highest BCUT2D eigenvalue weighted by Crippen LogP contribution is 2.25. The summed E-state index contributed by atoms with van der Waals surface area (Å²) in [4.78, 5) is 63.9. The summed E-state index contributed by atoms with van der Waals surface area (Å²) in [5.74, 6) is 1.50. The van der Waals surface area contributed by atoms with Gasteiger partial charge in [0, 0.05) is 34.9 Å². The Balaban J connectivity index is 0.000000278. The SMILES string of the molecule is CCOC(=O)c1cc2c(C)cc(O)cc2oc1=O.CCOC=C(C#COOCC)OOCC.COc1cc(C)c2cc(C(=O)O)c(=O)oc2c1.Cc1cc(O)cc(O)c1. The van der Waals surface area contributed by atoms with Crippen molar-refractivity contribution in [1.29, 1.82) is 0 Å². The van der Waals surface area contributed by atoms with E-state index in [1.165, 1.54) is 43.7 Å². The molecule has 0 amide bonds. The van der Waals surface area contributed by atoms with E-state index in [1.54, 1.807) is 65.8 Å². The van der Waals surface area contributed by atoms with Crippen molar-refractivity contribution in [2.45, 2.75) is 48.5 Å². The summed E-state index contributed by atoms with van der Waals surface area (Å²) in [6.45, 7) is 14.0. The van der Waals surface area contributed by atoms with Crippen molar-refractivity contribution in [2.24, 2.45) is 0 Å². The smallest absolute Gasteiger partial charge is 0.351 e. The minimum Gasteiger partial charge on any atom is -0.508 e. The lowest BCUT2D eigenvalue weighted by Gasteiger charge is -2.05. The lowest BCUT2D eigenvalue weighted by molar-refractivity contribution is -0.255. The molecule has 5 rings (SSSR count). The Morgan fingerprint density at radius 2 is 1.25 bits per heavy atom. The highest BCUT2D eigenvalue weighted by molar-refractivity contribution is 5.94. The lowest BCUT2D eigenvalue weighted by atomic mass is 10.1. The van der Waals surface area contributed by atoms with Crippen LogP contribution in [0.1, 0.15) is 65.1 Å². The van der Waals surface area contributed by atoms with Gasteiger partial charge in [0.15, 0.2) is 6.11 Å². The second kappa shape index (κ2) is 24.5. The number of ether oxygens (including phenoxy) is 3. The minimum atomic E-state index is -1.30. The van der Waals surface area contributed by atoms with E-state index in [2.05, 4.69) is 21.8 Å². The average Bonchev–Trinajstić information content (AvgIpc) is 3.16.